The fourth-order valence-electron chi connectivity index (χ4n) is 1.43. The average Bonchev–Trinajstić information content (AvgIpc) is 3.67. The second-order valence-electron chi connectivity index (χ2n) is 5.90. The molecule has 6 rings (SSSR count). The van der Waals surface area contributed by atoms with Gasteiger partial charge in [0, 0.05) is 42.3 Å². The van der Waals surface area contributed by atoms with Gasteiger partial charge in [-0.1, -0.05) is 38.0 Å². The topological polar surface area (TPSA) is 250 Å². The first-order chi connectivity index (χ1) is 17.4. The Kier molecular flexibility index (Phi) is 18.8. The van der Waals surface area contributed by atoms with E-state index in [2.05, 4.69) is 96.4 Å². The van der Waals surface area contributed by atoms with Crippen molar-refractivity contribution in [2.75, 3.05) is 42.3 Å². The summed E-state index contributed by atoms with van der Waals surface area (Å²) < 4.78 is 0. The first-order valence-electron chi connectivity index (χ1n) is 9.66. The Morgan fingerprint density at radius 3 is 0.514 bits per heavy atom. The Labute approximate surface area is 224 Å². The maximum absolute atomic E-state index is 3.67. The molecule has 0 aromatic rings. The molecule has 6 aliphatic heterocycles. The quantitative estimate of drug-likeness (QED) is 0.174. The summed E-state index contributed by atoms with van der Waals surface area (Å²) in [6, 6.07) is 0. The molecule has 6 aliphatic rings. The molecule has 0 radical (unpaired) electrons. The van der Waals surface area contributed by atoms with Crippen molar-refractivity contribution in [3.8, 4) is 0 Å². The zero-order valence-electron chi connectivity index (χ0n) is 20.8. The molecule has 37 heavy (non-hydrogen) atoms. The fraction of sp³-hybridized carbons (Fsp3) is 0.500. The number of rotatable bonds is 0. The predicted octanol–water partition coefficient (Wildman–Crippen LogP) is -1.99. The van der Waals surface area contributed by atoms with E-state index in [1.54, 1.807) is 42.3 Å². The molecule has 212 valence electrons. The smallest absolute Gasteiger partial charge is 0.389 e. The molecule has 6 N–H and O–H groups in total. The third-order valence-corrected chi connectivity index (χ3v) is 2.91. The number of hydrazone groups is 6. The van der Waals surface area contributed by atoms with Crippen LogP contribution >= 0.6 is 0 Å². The van der Waals surface area contributed by atoms with E-state index in [1.165, 1.54) is 68.7 Å². The number of nitrogens with zero attached hydrogens (tertiary/aromatic N) is 18. The summed E-state index contributed by atoms with van der Waals surface area (Å²) >= 11 is 0. The van der Waals surface area contributed by atoms with Crippen LogP contribution in [0, 0.1) is 0 Å². The third-order valence-electron chi connectivity index (χ3n) is 2.91. The SMILES string of the molecule is CN1N=C[N-]N1.CN1N=C[N-]N1.CN1N=C[N-]N1.CN1N=C[N-]N1.CN1N=C[N-]N1.CN1N=C[N-]N1.[Ni+2]. The Morgan fingerprint density at radius 2 is 0.486 bits per heavy atom. The molecule has 0 atom stereocenters. The second kappa shape index (κ2) is 21.2. The van der Waals surface area contributed by atoms with E-state index in [0.29, 0.717) is 0 Å². The van der Waals surface area contributed by atoms with Gasteiger partial charge in [-0.25, -0.2) is 33.2 Å². The van der Waals surface area contributed by atoms with Gasteiger partial charge >= 0.3 is 16.5 Å². The molecule has 25 heteroatoms. The first-order valence-corrected chi connectivity index (χ1v) is 9.66. The summed E-state index contributed by atoms with van der Waals surface area (Å²) in [6.07, 6.45) is 8.67. The van der Waals surface area contributed by atoms with Crippen LogP contribution in [-0.4, -0.2) is 111 Å². The minimum atomic E-state index is 0. The van der Waals surface area contributed by atoms with Crippen molar-refractivity contribution in [3.63, 3.8) is 0 Å². The molecule has 0 aromatic heterocycles. The summed E-state index contributed by atoms with van der Waals surface area (Å²) in [6.45, 7) is 0. The van der Waals surface area contributed by atoms with Gasteiger partial charge in [0.2, 0.25) is 0 Å². The van der Waals surface area contributed by atoms with Gasteiger partial charge in [-0.15, -0.1) is 0 Å². The number of hydrogen-bond acceptors (Lipinski definition) is 18. The van der Waals surface area contributed by atoms with Crippen molar-refractivity contribution in [1.29, 1.82) is 0 Å². The van der Waals surface area contributed by atoms with Crippen molar-refractivity contribution >= 4 is 38.0 Å². The van der Waals surface area contributed by atoms with Gasteiger partial charge in [0.25, 0.3) is 0 Å². The maximum atomic E-state index is 3.67. The van der Waals surface area contributed by atoms with Crippen molar-refractivity contribution < 1.29 is 16.5 Å². The van der Waals surface area contributed by atoms with Crippen LogP contribution in [0.2, 0.25) is 0 Å². The molecule has 0 unspecified atom stereocenters. The van der Waals surface area contributed by atoms with E-state index in [1.807, 2.05) is 0 Å². The second-order valence-corrected chi connectivity index (χ2v) is 5.90. The van der Waals surface area contributed by atoms with E-state index in [9.17, 15) is 0 Å². The summed E-state index contributed by atoms with van der Waals surface area (Å²) in [7, 11) is 10.6. The zero-order valence-corrected chi connectivity index (χ0v) is 21.8. The Hall–Kier alpha value is -4.13. The molecule has 6 heterocycles. The van der Waals surface area contributed by atoms with Crippen molar-refractivity contribution in [3.05, 3.63) is 32.6 Å². The number of hydrogen-bond donors (Lipinski definition) is 6. The van der Waals surface area contributed by atoms with Crippen LogP contribution < -0.4 is 33.2 Å². The Balaban J connectivity index is 0.000000418. The van der Waals surface area contributed by atoms with Gasteiger partial charge in [0.15, 0.2) is 0 Å². The Morgan fingerprint density at radius 1 is 0.351 bits per heavy atom. The van der Waals surface area contributed by atoms with E-state index in [-0.39, 0.29) is 16.5 Å². The van der Waals surface area contributed by atoms with Crippen LogP contribution in [-0.2, 0) is 16.5 Å². The molecule has 0 saturated carbocycles. The fourth-order valence-corrected chi connectivity index (χ4v) is 1.43. The molecule has 0 aromatic carbocycles. The van der Waals surface area contributed by atoms with Crippen LogP contribution in [0.15, 0.2) is 30.6 Å². The van der Waals surface area contributed by atoms with E-state index in [4.69, 9.17) is 0 Å². The van der Waals surface area contributed by atoms with E-state index < -0.39 is 0 Å². The van der Waals surface area contributed by atoms with Crippen LogP contribution in [0.1, 0.15) is 0 Å². The van der Waals surface area contributed by atoms with Gasteiger partial charge < -0.3 is 93.9 Å². The molecular weight excluding hydrogens is 539 g/mol. The largest absolute Gasteiger partial charge is 2.00 e. The summed E-state index contributed by atoms with van der Waals surface area (Å²) in [5.74, 6) is 0. The maximum Gasteiger partial charge on any atom is 2.00 e. The van der Waals surface area contributed by atoms with E-state index in [0.717, 1.165) is 0 Å². The molecule has 0 bridgehead atoms. The van der Waals surface area contributed by atoms with Gasteiger partial charge in [-0.2, -0.15) is 0 Å². The number of nitrogens with one attached hydrogen (secondary N) is 6. The summed E-state index contributed by atoms with van der Waals surface area (Å²) in [5.41, 5.74) is 36.6. The monoisotopic (exact) mass is 568 g/mol. The molecule has 24 nitrogen and oxygen atoms in total. The first kappa shape index (κ1) is 32.9. The van der Waals surface area contributed by atoms with Gasteiger partial charge in [-0.05, 0) is 0 Å². The van der Waals surface area contributed by atoms with Crippen LogP contribution in [0.25, 0.3) is 32.6 Å². The normalized spacial score (nSPS) is 18.0. The minimum Gasteiger partial charge on any atom is -0.389 e. The van der Waals surface area contributed by atoms with Crippen molar-refractivity contribution in [2.24, 2.45) is 30.6 Å². The Bertz CT molecular complexity index is 569. The van der Waals surface area contributed by atoms with Crippen molar-refractivity contribution in [1.82, 2.24) is 63.9 Å². The zero-order chi connectivity index (χ0) is 26.4. The van der Waals surface area contributed by atoms with E-state index >= 15 is 0 Å². The number of hydrazine groups is 6. The third kappa shape index (κ3) is 19.8. The predicted molar refractivity (Wildman–Crippen MR) is 136 cm³/mol. The van der Waals surface area contributed by atoms with Gasteiger partial charge in [0.1, 0.15) is 0 Å². The molecule has 0 spiro atoms. The molecular formula is C12H30N24Ni-4. The van der Waals surface area contributed by atoms with Crippen molar-refractivity contribution in [2.45, 2.75) is 0 Å². The van der Waals surface area contributed by atoms with Crippen LogP contribution in [0.3, 0.4) is 0 Å². The van der Waals surface area contributed by atoms with Crippen LogP contribution in [0.4, 0.5) is 0 Å². The molecule has 0 aliphatic carbocycles. The van der Waals surface area contributed by atoms with Crippen LogP contribution in [0.5, 0.6) is 0 Å². The molecule has 0 amide bonds. The van der Waals surface area contributed by atoms with Gasteiger partial charge in [0.05, 0.1) is 0 Å². The minimum absolute atomic E-state index is 0. The van der Waals surface area contributed by atoms with Gasteiger partial charge in [-0.3, -0.25) is 0 Å². The average molecular weight is 569 g/mol. The molecule has 0 saturated heterocycles. The molecule has 0 fully saturated rings. The summed E-state index contributed by atoms with van der Waals surface area (Å²) in [4.78, 5) is 0. The summed E-state index contributed by atoms with van der Waals surface area (Å²) in [5, 5.41) is 31.1. The standard InChI is InChI=1S/6C2H5N4.Ni/c6*1-6-4-2-3-5-6;/h6*2,5H,1H3;/q6*-1;+2.